The van der Waals surface area contributed by atoms with Crippen LogP contribution in [0.1, 0.15) is 40.0 Å². The molecule has 0 aromatic heterocycles. The SMILES string of the molecule is CC(NC1CCCC1(C)C)C(=O)O. The predicted octanol–water partition coefficient (Wildman–Crippen LogP) is 1.63. The number of nitrogens with one attached hydrogen (secondary N) is 1. The van der Waals surface area contributed by atoms with E-state index in [1.54, 1.807) is 6.92 Å². The van der Waals surface area contributed by atoms with Crippen LogP contribution in [0.15, 0.2) is 0 Å². The van der Waals surface area contributed by atoms with Crippen molar-refractivity contribution in [2.24, 2.45) is 5.41 Å². The minimum atomic E-state index is -0.761. The Balaban J connectivity index is 2.49. The summed E-state index contributed by atoms with van der Waals surface area (Å²) in [6, 6.07) is -0.0685. The molecule has 76 valence electrons. The predicted molar refractivity (Wildman–Crippen MR) is 51.7 cm³/mol. The van der Waals surface area contributed by atoms with Crippen molar-refractivity contribution in [1.82, 2.24) is 5.32 Å². The van der Waals surface area contributed by atoms with Crippen LogP contribution in [0, 0.1) is 5.41 Å². The van der Waals surface area contributed by atoms with E-state index in [1.807, 2.05) is 0 Å². The smallest absolute Gasteiger partial charge is 0.320 e. The van der Waals surface area contributed by atoms with E-state index in [0.29, 0.717) is 6.04 Å². The fourth-order valence-electron chi connectivity index (χ4n) is 2.01. The Morgan fingerprint density at radius 3 is 2.62 bits per heavy atom. The number of hydrogen-bond donors (Lipinski definition) is 2. The van der Waals surface area contributed by atoms with Crippen molar-refractivity contribution in [1.29, 1.82) is 0 Å². The summed E-state index contributed by atoms with van der Waals surface area (Å²) in [5.41, 5.74) is 0.254. The highest BCUT2D eigenvalue weighted by molar-refractivity contribution is 5.72. The largest absolute Gasteiger partial charge is 0.480 e. The molecule has 1 rings (SSSR count). The Labute approximate surface area is 79.5 Å². The van der Waals surface area contributed by atoms with Crippen molar-refractivity contribution in [3.63, 3.8) is 0 Å². The van der Waals surface area contributed by atoms with Gasteiger partial charge >= 0.3 is 5.97 Å². The van der Waals surface area contributed by atoms with Gasteiger partial charge in [0.25, 0.3) is 0 Å². The van der Waals surface area contributed by atoms with Gasteiger partial charge in [0.2, 0.25) is 0 Å². The van der Waals surface area contributed by atoms with E-state index in [2.05, 4.69) is 19.2 Å². The van der Waals surface area contributed by atoms with Gasteiger partial charge < -0.3 is 10.4 Å². The first kappa shape index (κ1) is 10.5. The van der Waals surface area contributed by atoms with Crippen LogP contribution in [-0.2, 0) is 4.79 Å². The van der Waals surface area contributed by atoms with E-state index in [4.69, 9.17) is 5.11 Å². The second-order valence-corrected chi connectivity index (χ2v) is 4.66. The molecule has 1 aliphatic carbocycles. The molecule has 1 saturated carbocycles. The number of hydrogen-bond acceptors (Lipinski definition) is 2. The van der Waals surface area contributed by atoms with Crippen molar-refractivity contribution < 1.29 is 9.90 Å². The molecule has 0 aliphatic heterocycles. The molecule has 0 heterocycles. The molecule has 2 atom stereocenters. The van der Waals surface area contributed by atoms with Gasteiger partial charge in [-0.1, -0.05) is 20.3 Å². The summed E-state index contributed by atoms with van der Waals surface area (Å²) in [5.74, 6) is -0.761. The Hall–Kier alpha value is -0.570. The van der Waals surface area contributed by atoms with E-state index in [-0.39, 0.29) is 5.41 Å². The zero-order valence-electron chi connectivity index (χ0n) is 8.63. The average Bonchev–Trinajstić information content (AvgIpc) is 2.30. The number of carboxylic acid groups (broad SMARTS) is 1. The van der Waals surface area contributed by atoms with Gasteiger partial charge in [-0.05, 0) is 25.2 Å². The third kappa shape index (κ3) is 2.44. The maximum atomic E-state index is 10.6. The van der Waals surface area contributed by atoms with Crippen molar-refractivity contribution in [3.8, 4) is 0 Å². The average molecular weight is 185 g/mol. The molecule has 0 radical (unpaired) electrons. The van der Waals surface area contributed by atoms with Gasteiger partial charge in [0.05, 0.1) is 0 Å². The summed E-state index contributed by atoms with van der Waals surface area (Å²) >= 11 is 0. The molecule has 0 amide bonds. The molecule has 2 unspecified atom stereocenters. The number of aliphatic carboxylic acids is 1. The summed E-state index contributed by atoms with van der Waals surface area (Å²) in [6.45, 7) is 6.11. The highest BCUT2D eigenvalue weighted by Crippen LogP contribution is 2.37. The summed E-state index contributed by atoms with van der Waals surface area (Å²) in [4.78, 5) is 10.6. The zero-order chi connectivity index (χ0) is 10.1. The van der Waals surface area contributed by atoms with E-state index < -0.39 is 12.0 Å². The van der Waals surface area contributed by atoms with E-state index in [9.17, 15) is 4.79 Å². The van der Waals surface area contributed by atoms with Crippen LogP contribution in [0.25, 0.3) is 0 Å². The van der Waals surface area contributed by atoms with Crippen molar-refractivity contribution in [2.45, 2.75) is 52.1 Å². The van der Waals surface area contributed by atoms with Gasteiger partial charge in [-0.2, -0.15) is 0 Å². The molecular formula is C10H19NO2. The minimum Gasteiger partial charge on any atom is -0.480 e. The molecule has 1 fully saturated rings. The zero-order valence-corrected chi connectivity index (χ0v) is 8.63. The Bertz CT molecular complexity index is 201. The third-order valence-corrected chi connectivity index (χ3v) is 3.08. The third-order valence-electron chi connectivity index (χ3n) is 3.08. The minimum absolute atomic E-state index is 0.254. The van der Waals surface area contributed by atoms with Crippen molar-refractivity contribution in [3.05, 3.63) is 0 Å². The van der Waals surface area contributed by atoms with Crippen LogP contribution >= 0.6 is 0 Å². The molecular weight excluding hydrogens is 166 g/mol. The highest BCUT2D eigenvalue weighted by Gasteiger charge is 2.35. The van der Waals surface area contributed by atoms with Crippen LogP contribution < -0.4 is 5.32 Å². The second kappa shape index (κ2) is 3.66. The van der Waals surface area contributed by atoms with Crippen LogP contribution in [0.3, 0.4) is 0 Å². The van der Waals surface area contributed by atoms with Crippen LogP contribution in [-0.4, -0.2) is 23.2 Å². The fraction of sp³-hybridized carbons (Fsp3) is 0.900. The normalized spacial score (nSPS) is 28.7. The lowest BCUT2D eigenvalue weighted by molar-refractivity contribution is -0.139. The van der Waals surface area contributed by atoms with Crippen molar-refractivity contribution in [2.75, 3.05) is 0 Å². The molecule has 3 heteroatoms. The molecule has 0 aromatic rings. The van der Waals surface area contributed by atoms with Crippen LogP contribution in [0.5, 0.6) is 0 Å². The first-order chi connectivity index (χ1) is 5.93. The Morgan fingerprint density at radius 2 is 2.23 bits per heavy atom. The fourth-order valence-corrected chi connectivity index (χ4v) is 2.01. The quantitative estimate of drug-likeness (QED) is 0.702. The summed E-state index contributed by atoms with van der Waals surface area (Å²) in [7, 11) is 0. The Morgan fingerprint density at radius 1 is 1.62 bits per heavy atom. The highest BCUT2D eigenvalue weighted by atomic mass is 16.4. The first-order valence-electron chi connectivity index (χ1n) is 4.92. The topological polar surface area (TPSA) is 49.3 Å². The lowest BCUT2D eigenvalue weighted by Crippen LogP contribution is -2.46. The summed E-state index contributed by atoms with van der Waals surface area (Å²) in [5, 5.41) is 11.9. The van der Waals surface area contributed by atoms with Gasteiger partial charge in [-0.15, -0.1) is 0 Å². The lowest BCUT2D eigenvalue weighted by atomic mass is 9.87. The molecule has 13 heavy (non-hydrogen) atoms. The van der Waals surface area contributed by atoms with Gasteiger partial charge in [0, 0.05) is 6.04 Å². The molecule has 0 spiro atoms. The van der Waals surface area contributed by atoms with E-state index in [1.165, 1.54) is 12.8 Å². The number of carboxylic acids is 1. The number of rotatable bonds is 3. The van der Waals surface area contributed by atoms with Gasteiger partial charge in [-0.3, -0.25) is 4.79 Å². The molecule has 0 bridgehead atoms. The van der Waals surface area contributed by atoms with E-state index >= 15 is 0 Å². The molecule has 1 aliphatic rings. The maximum Gasteiger partial charge on any atom is 0.320 e. The van der Waals surface area contributed by atoms with Crippen molar-refractivity contribution >= 4 is 5.97 Å². The van der Waals surface area contributed by atoms with E-state index in [0.717, 1.165) is 6.42 Å². The standard InChI is InChI=1S/C10H19NO2/c1-7(9(12)13)11-8-5-4-6-10(8,2)3/h7-8,11H,4-6H2,1-3H3,(H,12,13). The van der Waals surface area contributed by atoms with Gasteiger partial charge in [-0.25, -0.2) is 0 Å². The first-order valence-corrected chi connectivity index (χ1v) is 4.92. The molecule has 3 nitrogen and oxygen atoms in total. The molecule has 0 saturated heterocycles. The molecule has 2 N–H and O–H groups in total. The number of carbonyl (C=O) groups is 1. The monoisotopic (exact) mass is 185 g/mol. The summed E-state index contributed by atoms with van der Waals surface area (Å²) < 4.78 is 0. The van der Waals surface area contributed by atoms with Crippen LogP contribution in [0.2, 0.25) is 0 Å². The van der Waals surface area contributed by atoms with Gasteiger partial charge in [0.15, 0.2) is 0 Å². The van der Waals surface area contributed by atoms with Crippen LogP contribution in [0.4, 0.5) is 0 Å². The Kier molecular flexibility index (Phi) is 2.96. The maximum absolute atomic E-state index is 10.6. The second-order valence-electron chi connectivity index (χ2n) is 4.66. The van der Waals surface area contributed by atoms with Gasteiger partial charge in [0.1, 0.15) is 6.04 Å². The molecule has 0 aromatic carbocycles. The lowest BCUT2D eigenvalue weighted by Gasteiger charge is -2.29. The summed E-state index contributed by atoms with van der Waals surface area (Å²) in [6.07, 6.45) is 3.50.